The highest BCUT2D eigenvalue weighted by molar-refractivity contribution is 7.15. The Bertz CT molecular complexity index is 994. The third-order valence-corrected chi connectivity index (χ3v) is 5.04. The summed E-state index contributed by atoms with van der Waals surface area (Å²) in [4.78, 5) is 25.0. The Morgan fingerprint density at radius 2 is 1.80 bits per heavy atom. The second kappa shape index (κ2) is 6.22. The van der Waals surface area contributed by atoms with Gasteiger partial charge in [-0.15, -0.1) is 10.2 Å². The smallest absolute Gasteiger partial charge is 0.257 e. The number of ketones is 1. The number of anilines is 1. The molecule has 0 atom stereocenters. The molecule has 3 aromatic rings. The van der Waals surface area contributed by atoms with Gasteiger partial charge in [0.2, 0.25) is 5.13 Å². The molecule has 5 nitrogen and oxygen atoms in total. The van der Waals surface area contributed by atoms with E-state index in [1.54, 1.807) is 12.1 Å². The lowest BCUT2D eigenvalue weighted by molar-refractivity contribution is 0.102. The number of fused-ring (bicyclic) bond motifs is 3. The van der Waals surface area contributed by atoms with Crippen LogP contribution < -0.4 is 5.32 Å². The summed E-state index contributed by atoms with van der Waals surface area (Å²) >= 11 is 1.38. The number of rotatable bonds is 4. The number of benzene rings is 2. The third-order valence-electron chi connectivity index (χ3n) is 4.14. The van der Waals surface area contributed by atoms with E-state index < -0.39 is 0 Å². The lowest BCUT2D eigenvalue weighted by Crippen LogP contribution is -2.12. The zero-order valence-electron chi connectivity index (χ0n) is 13.6. The van der Waals surface area contributed by atoms with Crippen LogP contribution in [-0.4, -0.2) is 21.9 Å². The summed E-state index contributed by atoms with van der Waals surface area (Å²) in [6, 6.07) is 12.7. The first-order chi connectivity index (χ1) is 12.2. The Labute approximate surface area is 148 Å². The van der Waals surface area contributed by atoms with Crippen molar-refractivity contribution in [1.29, 1.82) is 0 Å². The summed E-state index contributed by atoms with van der Waals surface area (Å²) < 4.78 is 0. The van der Waals surface area contributed by atoms with Crippen molar-refractivity contribution < 1.29 is 9.59 Å². The molecule has 25 heavy (non-hydrogen) atoms. The number of hydrogen-bond acceptors (Lipinski definition) is 5. The van der Waals surface area contributed by atoms with E-state index in [0.717, 1.165) is 29.0 Å². The van der Waals surface area contributed by atoms with Crippen LogP contribution in [0.2, 0.25) is 0 Å². The van der Waals surface area contributed by atoms with E-state index in [4.69, 9.17) is 0 Å². The zero-order valence-corrected chi connectivity index (χ0v) is 14.4. The number of carbonyl (C=O) groups excluding carboxylic acids is 2. The van der Waals surface area contributed by atoms with Crippen molar-refractivity contribution in [2.45, 2.75) is 19.8 Å². The Hall–Kier alpha value is -2.86. The van der Waals surface area contributed by atoms with Crippen LogP contribution in [0, 0.1) is 0 Å². The standard InChI is InChI=1S/C19H15N3O2S/c1-2-5-16-21-22-19(25-16)20-18(24)11-8-9-13-12-6-3-4-7-14(12)17(23)15(13)10-11/h3-4,6-10H,2,5H2,1H3,(H,20,22,24). The van der Waals surface area contributed by atoms with Gasteiger partial charge in [0.15, 0.2) is 5.78 Å². The number of hydrogen-bond donors (Lipinski definition) is 1. The van der Waals surface area contributed by atoms with Crippen LogP contribution in [0.4, 0.5) is 5.13 Å². The van der Waals surface area contributed by atoms with Crippen LogP contribution in [-0.2, 0) is 6.42 Å². The molecule has 1 aliphatic carbocycles. The molecule has 0 spiro atoms. The van der Waals surface area contributed by atoms with E-state index in [1.807, 2.05) is 30.3 Å². The highest BCUT2D eigenvalue weighted by Crippen LogP contribution is 2.36. The van der Waals surface area contributed by atoms with Gasteiger partial charge in [-0.3, -0.25) is 14.9 Å². The van der Waals surface area contributed by atoms with Crippen molar-refractivity contribution in [1.82, 2.24) is 10.2 Å². The van der Waals surface area contributed by atoms with Gasteiger partial charge in [0.25, 0.3) is 5.91 Å². The van der Waals surface area contributed by atoms with Gasteiger partial charge in [-0.25, -0.2) is 0 Å². The van der Waals surface area contributed by atoms with Crippen LogP contribution in [0.1, 0.15) is 44.6 Å². The largest absolute Gasteiger partial charge is 0.296 e. The fourth-order valence-corrected chi connectivity index (χ4v) is 3.79. The molecule has 0 radical (unpaired) electrons. The maximum Gasteiger partial charge on any atom is 0.257 e. The Morgan fingerprint density at radius 1 is 1.04 bits per heavy atom. The molecule has 2 aromatic carbocycles. The lowest BCUT2D eigenvalue weighted by atomic mass is 10.0. The van der Waals surface area contributed by atoms with Crippen molar-refractivity contribution in [3.05, 3.63) is 64.2 Å². The molecule has 1 amide bonds. The summed E-state index contributed by atoms with van der Waals surface area (Å²) in [7, 11) is 0. The van der Waals surface area contributed by atoms with Crippen molar-refractivity contribution >= 4 is 28.2 Å². The average Bonchev–Trinajstić information content (AvgIpc) is 3.18. The van der Waals surface area contributed by atoms with Crippen molar-refractivity contribution in [3.8, 4) is 11.1 Å². The number of amides is 1. The minimum absolute atomic E-state index is 0.0404. The predicted octanol–water partition coefficient (Wildman–Crippen LogP) is 3.95. The number of nitrogens with one attached hydrogen (secondary N) is 1. The molecule has 0 bridgehead atoms. The molecule has 1 N–H and O–H groups in total. The number of aromatic nitrogens is 2. The monoisotopic (exact) mass is 349 g/mol. The summed E-state index contributed by atoms with van der Waals surface area (Å²) in [6.07, 6.45) is 1.83. The summed E-state index contributed by atoms with van der Waals surface area (Å²) in [5.41, 5.74) is 3.48. The molecule has 0 saturated carbocycles. The van der Waals surface area contributed by atoms with Crippen LogP contribution in [0.3, 0.4) is 0 Å². The molecule has 1 heterocycles. The van der Waals surface area contributed by atoms with Gasteiger partial charge in [0, 0.05) is 23.1 Å². The minimum Gasteiger partial charge on any atom is -0.296 e. The molecule has 4 rings (SSSR count). The highest BCUT2D eigenvalue weighted by atomic mass is 32.1. The average molecular weight is 349 g/mol. The van der Waals surface area contributed by atoms with Gasteiger partial charge in [0.1, 0.15) is 5.01 Å². The van der Waals surface area contributed by atoms with E-state index >= 15 is 0 Å². The fraction of sp³-hybridized carbons (Fsp3) is 0.158. The molecular weight excluding hydrogens is 334 g/mol. The Kier molecular flexibility index (Phi) is 3.89. The number of aryl methyl sites for hydroxylation is 1. The first kappa shape index (κ1) is 15.7. The molecular formula is C19H15N3O2S. The third kappa shape index (κ3) is 2.74. The molecule has 6 heteroatoms. The van der Waals surface area contributed by atoms with Crippen molar-refractivity contribution in [2.24, 2.45) is 0 Å². The molecule has 1 aliphatic rings. The van der Waals surface area contributed by atoms with Gasteiger partial charge >= 0.3 is 0 Å². The Balaban J connectivity index is 1.60. The zero-order chi connectivity index (χ0) is 17.4. The minimum atomic E-state index is -0.286. The van der Waals surface area contributed by atoms with E-state index in [1.165, 1.54) is 11.3 Å². The number of nitrogens with zero attached hydrogens (tertiary/aromatic N) is 2. The Morgan fingerprint density at radius 3 is 2.60 bits per heavy atom. The second-order valence-corrected chi connectivity index (χ2v) is 6.90. The van der Waals surface area contributed by atoms with Crippen LogP contribution in [0.25, 0.3) is 11.1 Å². The van der Waals surface area contributed by atoms with Crippen molar-refractivity contribution in [2.75, 3.05) is 5.32 Å². The van der Waals surface area contributed by atoms with Gasteiger partial charge in [-0.05, 0) is 29.7 Å². The molecule has 0 aliphatic heterocycles. The lowest BCUT2D eigenvalue weighted by Gasteiger charge is -2.04. The maximum absolute atomic E-state index is 12.5. The van der Waals surface area contributed by atoms with Gasteiger partial charge in [-0.1, -0.05) is 48.6 Å². The fourth-order valence-electron chi connectivity index (χ4n) is 2.96. The van der Waals surface area contributed by atoms with Crippen LogP contribution >= 0.6 is 11.3 Å². The van der Waals surface area contributed by atoms with E-state index in [2.05, 4.69) is 22.4 Å². The summed E-state index contributed by atoms with van der Waals surface area (Å²) in [6.45, 7) is 2.07. The summed E-state index contributed by atoms with van der Waals surface area (Å²) in [5, 5.41) is 12.2. The van der Waals surface area contributed by atoms with Gasteiger partial charge in [0.05, 0.1) is 0 Å². The van der Waals surface area contributed by atoms with Crippen molar-refractivity contribution in [3.63, 3.8) is 0 Å². The first-order valence-corrected chi connectivity index (χ1v) is 8.91. The van der Waals surface area contributed by atoms with Crippen LogP contribution in [0.15, 0.2) is 42.5 Å². The van der Waals surface area contributed by atoms with E-state index in [9.17, 15) is 9.59 Å². The summed E-state index contributed by atoms with van der Waals surface area (Å²) in [5.74, 6) is -0.327. The molecule has 0 saturated heterocycles. The molecule has 0 fully saturated rings. The van der Waals surface area contributed by atoms with Crippen LogP contribution in [0.5, 0.6) is 0 Å². The topological polar surface area (TPSA) is 72.0 Å². The molecule has 0 unspecified atom stereocenters. The number of carbonyl (C=O) groups is 2. The second-order valence-electron chi connectivity index (χ2n) is 5.84. The highest BCUT2D eigenvalue weighted by Gasteiger charge is 2.27. The SMILES string of the molecule is CCCc1nnc(NC(=O)c2ccc3c(c2)C(=O)c2ccccc2-3)s1. The van der Waals surface area contributed by atoms with E-state index in [-0.39, 0.29) is 11.7 Å². The maximum atomic E-state index is 12.5. The quantitative estimate of drug-likeness (QED) is 0.605. The van der Waals surface area contributed by atoms with Gasteiger partial charge in [-0.2, -0.15) is 0 Å². The molecule has 124 valence electrons. The van der Waals surface area contributed by atoms with E-state index in [0.29, 0.717) is 21.8 Å². The first-order valence-electron chi connectivity index (χ1n) is 8.09. The predicted molar refractivity (Wildman–Crippen MR) is 97.2 cm³/mol. The normalized spacial score (nSPS) is 12.0. The molecule has 1 aromatic heterocycles. The van der Waals surface area contributed by atoms with Gasteiger partial charge < -0.3 is 0 Å².